The Morgan fingerprint density at radius 1 is 1.29 bits per heavy atom. The monoisotopic (exact) mass is 302 g/mol. The molecule has 0 radical (unpaired) electrons. The van der Waals surface area contributed by atoms with Crippen molar-refractivity contribution < 1.29 is 5.11 Å². The molecule has 2 aromatic heterocycles. The number of aromatic amines is 1. The van der Waals surface area contributed by atoms with Crippen LogP contribution in [0.2, 0.25) is 0 Å². The molecule has 1 aliphatic rings. The van der Waals surface area contributed by atoms with Gasteiger partial charge in [0.2, 0.25) is 0 Å². The molecular formula is C15H18N4OS. The second-order valence-electron chi connectivity index (χ2n) is 5.02. The topological polar surface area (TPSA) is 64.2 Å². The number of H-pyrrole nitrogens is 1. The fraction of sp³-hybridized carbons (Fsp3) is 0.333. The van der Waals surface area contributed by atoms with Gasteiger partial charge in [0.15, 0.2) is 5.11 Å². The summed E-state index contributed by atoms with van der Waals surface area (Å²) in [4.78, 5) is 9.85. The van der Waals surface area contributed by atoms with Crippen LogP contribution in [-0.4, -0.2) is 38.2 Å². The van der Waals surface area contributed by atoms with E-state index in [9.17, 15) is 0 Å². The minimum absolute atomic E-state index is 0.0102. The van der Waals surface area contributed by atoms with E-state index in [0.29, 0.717) is 11.5 Å². The number of thiocarbonyl (C=S) groups is 1. The predicted octanol–water partition coefficient (Wildman–Crippen LogP) is 1.76. The molecule has 5 nitrogen and oxygen atoms in total. The zero-order valence-corrected chi connectivity index (χ0v) is 12.4. The molecule has 6 heteroatoms. The first kappa shape index (κ1) is 14.0. The van der Waals surface area contributed by atoms with Crippen LogP contribution in [0.3, 0.4) is 0 Å². The fourth-order valence-electron chi connectivity index (χ4n) is 2.75. The zero-order chi connectivity index (χ0) is 14.7. The third-order valence-corrected chi connectivity index (χ3v) is 4.05. The fourth-order valence-corrected chi connectivity index (χ4v) is 3.09. The maximum absolute atomic E-state index is 9.10. The van der Waals surface area contributed by atoms with Gasteiger partial charge in [-0.3, -0.25) is 4.98 Å². The van der Waals surface area contributed by atoms with Crippen molar-refractivity contribution in [2.75, 3.05) is 13.2 Å². The highest BCUT2D eigenvalue weighted by Crippen LogP contribution is 2.37. The number of nitrogens with one attached hydrogen (secondary N) is 2. The molecule has 2 unspecified atom stereocenters. The Balaban J connectivity index is 1.94. The number of aliphatic hydroxyl groups is 1. The van der Waals surface area contributed by atoms with Gasteiger partial charge in [-0.05, 0) is 42.9 Å². The lowest BCUT2D eigenvalue weighted by Gasteiger charge is -2.26. The summed E-state index contributed by atoms with van der Waals surface area (Å²) in [5.74, 6) is 0. The second kappa shape index (κ2) is 6.24. The summed E-state index contributed by atoms with van der Waals surface area (Å²) < 4.78 is 0. The number of pyridine rings is 1. The largest absolute Gasteiger partial charge is 0.396 e. The molecule has 0 aliphatic carbocycles. The second-order valence-corrected chi connectivity index (χ2v) is 5.41. The van der Waals surface area contributed by atoms with Crippen molar-refractivity contribution in [2.45, 2.75) is 18.5 Å². The average Bonchev–Trinajstić information content (AvgIpc) is 3.13. The van der Waals surface area contributed by atoms with Crippen molar-refractivity contribution in [3.63, 3.8) is 0 Å². The molecule has 2 atom stereocenters. The summed E-state index contributed by atoms with van der Waals surface area (Å²) in [5, 5.41) is 13.2. The van der Waals surface area contributed by atoms with Crippen LogP contribution in [0.4, 0.5) is 0 Å². The van der Waals surface area contributed by atoms with E-state index in [0.717, 1.165) is 17.9 Å². The minimum Gasteiger partial charge on any atom is -0.396 e. The summed E-state index contributed by atoms with van der Waals surface area (Å²) in [7, 11) is 0. The van der Waals surface area contributed by atoms with E-state index in [1.165, 1.54) is 0 Å². The van der Waals surface area contributed by atoms with E-state index >= 15 is 0 Å². The van der Waals surface area contributed by atoms with Crippen molar-refractivity contribution in [1.82, 2.24) is 20.2 Å². The van der Waals surface area contributed by atoms with Crippen molar-refractivity contribution in [3.8, 4) is 0 Å². The predicted molar refractivity (Wildman–Crippen MR) is 84.7 cm³/mol. The van der Waals surface area contributed by atoms with Crippen molar-refractivity contribution in [3.05, 3.63) is 54.1 Å². The molecule has 3 N–H and O–H groups in total. The van der Waals surface area contributed by atoms with Crippen LogP contribution >= 0.6 is 12.2 Å². The summed E-state index contributed by atoms with van der Waals surface area (Å²) >= 11 is 5.47. The first-order valence-corrected chi connectivity index (χ1v) is 7.44. The smallest absolute Gasteiger partial charge is 0.170 e. The van der Waals surface area contributed by atoms with Gasteiger partial charge < -0.3 is 20.3 Å². The van der Waals surface area contributed by atoms with Gasteiger partial charge in [-0.1, -0.05) is 6.07 Å². The van der Waals surface area contributed by atoms with E-state index in [4.69, 9.17) is 17.3 Å². The number of hydrogen-bond acceptors (Lipinski definition) is 3. The van der Waals surface area contributed by atoms with Gasteiger partial charge in [-0.15, -0.1) is 0 Å². The van der Waals surface area contributed by atoms with Gasteiger partial charge in [0.05, 0.1) is 17.8 Å². The van der Waals surface area contributed by atoms with Crippen molar-refractivity contribution in [1.29, 1.82) is 0 Å². The summed E-state index contributed by atoms with van der Waals surface area (Å²) in [5.41, 5.74) is 2.06. The Morgan fingerprint density at radius 2 is 2.19 bits per heavy atom. The molecule has 3 rings (SSSR count). The third kappa shape index (κ3) is 2.77. The van der Waals surface area contributed by atoms with Gasteiger partial charge in [0, 0.05) is 31.2 Å². The Morgan fingerprint density at radius 3 is 2.86 bits per heavy atom. The van der Waals surface area contributed by atoms with Crippen molar-refractivity contribution in [2.24, 2.45) is 0 Å². The molecule has 0 bridgehead atoms. The maximum atomic E-state index is 9.10. The van der Waals surface area contributed by atoms with Gasteiger partial charge in [-0.2, -0.15) is 0 Å². The third-order valence-electron chi connectivity index (χ3n) is 3.70. The number of aliphatic hydroxyl groups excluding tert-OH is 1. The molecular weight excluding hydrogens is 284 g/mol. The molecule has 110 valence electrons. The highest BCUT2D eigenvalue weighted by atomic mass is 32.1. The summed E-state index contributed by atoms with van der Waals surface area (Å²) in [6.07, 6.45) is 4.40. The van der Waals surface area contributed by atoms with Crippen LogP contribution in [-0.2, 0) is 0 Å². The molecule has 1 saturated heterocycles. The van der Waals surface area contributed by atoms with E-state index in [1.54, 1.807) is 6.20 Å². The minimum atomic E-state index is 0.0102. The maximum Gasteiger partial charge on any atom is 0.170 e. The van der Waals surface area contributed by atoms with Crippen molar-refractivity contribution >= 4 is 17.3 Å². The molecule has 0 saturated carbocycles. The SMILES string of the molecule is OCCCN1C(=S)NC(c2ccccn2)C1c1ccc[nH]1. The lowest BCUT2D eigenvalue weighted by molar-refractivity contribution is 0.246. The van der Waals surface area contributed by atoms with Crippen LogP contribution in [0.25, 0.3) is 0 Å². The Kier molecular flexibility index (Phi) is 4.17. The molecule has 1 aliphatic heterocycles. The average molecular weight is 302 g/mol. The lowest BCUT2D eigenvalue weighted by Crippen LogP contribution is -2.31. The molecule has 21 heavy (non-hydrogen) atoms. The summed E-state index contributed by atoms with van der Waals surface area (Å²) in [6.45, 7) is 0.875. The highest BCUT2D eigenvalue weighted by molar-refractivity contribution is 7.80. The van der Waals surface area contributed by atoms with E-state index < -0.39 is 0 Å². The molecule has 1 fully saturated rings. The molecule has 0 amide bonds. The molecule has 0 aromatic carbocycles. The van der Waals surface area contributed by atoms with E-state index in [-0.39, 0.29) is 18.7 Å². The normalized spacial score (nSPS) is 21.6. The molecule has 0 spiro atoms. The Bertz CT molecular complexity index is 587. The highest BCUT2D eigenvalue weighted by Gasteiger charge is 2.39. The van der Waals surface area contributed by atoms with Gasteiger partial charge in [-0.25, -0.2) is 0 Å². The standard InChI is InChI=1S/C15H18N4OS/c20-10-4-9-19-14(12-6-3-8-17-12)13(18-15(19)21)11-5-1-2-7-16-11/h1-3,5-8,13-14,17,20H,4,9-10H2,(H,18,21). The Labute approximate surface area is 129 Å². The Hall–Kier alpha value is -1.92. The van der Waals surface area contributed by atoms with Crippen LogP contribution in [0, 0.1) is 0 Å². The zero-order valence-electron chi connectivity index (χ0n) is 11.6. The van der Waals surface area contributed by atoms with Crippen LogP contribution in [0.5, 0.6) is 0 Å². The van der Waals surface area contributed by atoms with Crippen LogP contribution in [0.1, 0.15) is 29.9 Å². The van der Waals surface area contributed by atoms with E-state index in [1.807, 2.05) is 30.5 Å². The van der Waals surface area contributed by atoms with E-state index in [2.05, 4.69) is 26.3 Å². The first-order valence-electron chi connectivity index (χ1n) is 7.03. The lowest BCUT2D eigenvalue weighted by atomic mass is 10.0. The molecule has 2 aromatic rings. The number of rotatable bonds is 5. The van der Waals surface area contributed by atoms with Crippen LogP contribution < -0.4 is 5.32 Å². The summed E-state index contributed by atoms with van der Waals surface area (Å²) in [6, 6.07) is 10.0. The van der Waals surface area contributed by atoms with Gasteiger partial charge in [0.1, 0.15) is 0 Å². The number of hydrogen-bond donors (Lipinski definition) is 3. The van der Waals surface area contributed by atoms with Gasteiger partial charge >= 0.3 is 0 Å². The van der Waals surface area contributed by atoms with Gasteiger partial charge in [0.25, 0.3) is 0 Å². The quantitative estimate of drug-likeness (QED) is 0.735. The molecule has 3 heterocycles. The number of aromatic nitrogens is 2. The number of nitrogens with zero attached hydrogens (tertiary/aromatic N) is 2. The van der Waals surface area contributed by atoms with Crippen LogP contribution in [0.15, 0.2) is 42.7 Å². The first-order chi connectivity index (χ1) is 10.3.